The van der Waals surface area contributed by atoms with E-state index in [0.29, 0.717) is 21.7 Å². The van der Waals surface area contributed by atoms with Crippen LogP contribution in [-0.2, 0) is 4.94 Å². The molecule has 3 N–H and O–H groups in total. The molecular weight excluding hydrogens is 234 g/mol. The van der Waals surface area contributed by atoms with Crippen molar-refractivity contribution in [3.8, 4) is 5.75 Å². The summed E-state index contributed by atoms with van der Waals surface area (Å²) in [6.07, 6.45) is 1.41. The van der Waals surface area contributed by atoms with Gasteiger partial charge in [0.2, 0.25) is 0 Å². The second-order valence-electron chi connectivity index (χ2n) is 3.05. The van der Waals surface area contributed by atoms with Gasteiger partial charge in [-0.3, -0.25) is 5.21 Å². The van der Waals surface area contributed by atoms with E-state index in [9.17, 15) is 0 Å². The fraction of sp³-hybridized carbons (Fsp3) is 0.111. The summed E-state index contributed by atoms with van der Waals surface area (Å²) in [6, 6.07) is 5.03. The number of hydrogen-bond acceptors (Lipinski definition) is 6. The molecule has 0 fully saturated rings. The van der Waals surface area contributed by atoms with Crippen molar-refractivity contribution in [1.82, 2.24) is 5.23 Å². The van der Waals surface area contributed by atoms with Crippen LogP contribution >= 0.6 is 11.6 Å². The molecule has 0 atom stereocenters. The quantitative estimate of drug-likeness (QED) is 0.820. The van der Waals surface area contributed by atoms with Gasteiger partial charge < -0.3 is 10.5 Å². The van der Waals surface area contributed by atoms with Crippen LogP contribution in [0.1, 0.15) is 0 Å². The van der Waals surface area contributed by atoms with Crippen molar-refractivity contribution in [3.63, 3.8) is 0 Å². The molecule has 0 unspecified atom stereocenters. The molecule has 0 saturated carbocycles. The molecule has 7 heteroatoms. The minimum atomic E-state index is 0.0759. The molecule has 0 amide bonds. The van der Waals surface area contributed by atoms with Gasteiger partial charge in [-0.2, -0.15) is 5.06 Å². The maximum absolute atomic E-state index is 9.12. The summed E-state index contributed by atoms with van der Waals surface area (Å²) in [6.45, 7) is 0. The maximum atomic E-state index is 9.12. The standard InChI is InChI=1S/C9H10ClN3O3/c1-15-8-3-2-6(4-7(8)10)12-5-9(11)13(14)16-12/h2-5,14H,11H2,1H3. The predicted molar refractivity (Wildman–Crippen MR) is 57.5 cm³/mol. The lowest BCUT2D eigenvalue weighted by Gasteiger charge is -2.16. The summed E-state index contributed by atoms with van der Waals surface area (Å²) in [4.78, 5) is 4.89. The Morgan fingerprint density at radius 1 is 1.50 bits per heavy atom. The highest BCUT2D eigenvalue weighted by molar-refractivity contribution is 6.32. The third kappa shape index (κ3) is 1.85. The molecule has 0 saturated heterocycles. The summed E-state index contributed by atoms with van der Waals surface area (Å²) >= 11 is 5.95. The minimum absolute atomic E-state index is 0.0759. The van der Waals surface area contributed by atoms with Gasteiger partial charge in [-0.05, 0) is 18.2 Å². The topological polar surface area (TPSA) is 71.2 Å². The van der Waals surface area contributed by atoms with Gasteiger partial charge in [0.15, 0.2) is 5.82 Å². The van der Waals surface area contributed by atoms with Gasteiger partial charge in [-0.25, -0.2) is 0 Å². The van der Waals surface area contributed by atoms with Gasteiger partial charge >= 0.3 is 0 Å². The van der Waals surface area contributed by atoms with Crippen LogP contribution in [0, 0.1) is 0 Å². The Labute approximate surface area is 96.9 Å². The van der Waals surface area contributed by atoms with E-state index in [1.807, 2.05) is 0 Å². The van der Waals surface area contributed by atoms with Crippen molar-refractivity contribution in [1.29, 1.82) is 0 Å². The van der Waals surface area contributed by atoms with Gasteiger partial charge in [0.05, 0.1) is 24.0 Å². The number of ether oxygens (including phenoxy) is 1. The molecule has 16 heavy (non-hydrogen) atoms. The van der Waals surface area contributed by atoms with Crippen molar-refractivity contribution < 1.29 is 14.9 Å². The summed E-state index contributed by atoms with van der Waals surface area (Å²) in [5, 5.41) is 11.3. The van der Waals surface area contributed by atoms with Crippen LogP contribution in [0.15, 0.2) is 30.2 Å². The highest BCUT2D eigenvalue weighted by Gasteiger charge is 2.20. The number of nitrogens with zero attached hydrogens (tertiary/aromatic N) is 2. The Balaban J connectivity index is 2.26. The first-order valence-electron chi connectivity index (χ1n) is 4.39. The molecule has 1 aromatic rings. The van der Waals surface area contributed by atoms with Crippen LogP contribution in [0.4, 0.5) is 5.69 Å². The maximum Gasteiger partial charge on any atom is 0.176 e. The molecule has 0 spiro atoms. The zero-order valence-electron chi connectivity index (χ0n) is 8.42. The molecule has 0 aromatic heterocycles. The molecular formula is C9H10ClN3O3. The fourth-order valence-corrected chi connectivity index (χ4v) is 1.49. The molecule has 86 valence electrons. The van der Waals surface area contributed by atoms with Crippen LogP contribution < -0.4 is 15.5 Å². The van der Waals surface area contributed by atoms with Gasteiger partial charge in [0.1, 0.15) is 5.75 Å². The number of hydroxylamine groups is 3. The molecule has 1 aliphatic rings. The Kier molecular flexibility index (Phi) is 2.78. The summed E-state index contributed by atoms with van der Waals surface area (Å²) in [7, 11) is 1.53. The molecule has 0 aliphatic carbocycles. The lowest BCUT2D eigenvalue weighted by Crippen LogP contribution is -2.22. The number of rotatable bonds is 2. The van der Waals surface area contributed by atoms with Gasteiger partial charge in [-0.15, -0.1) is 4.94 Å². The third-order valence-corrected chi connectivity index (χ3v) is 2.32. The van der Waals surface area contributed by atoms with Gasteiger partial charge in [-0.1, -0.05) is 16.8 Å². The van der Waals surface area contributed by atoms with Crippen molar-refractivity contribution in [3.05, 3.63) is 35.2 Å². The Hall–Kier alpha value is -1.63. The summed E-state index contributed by atoms with van der Waals surface area (Å²) in [5.74, 6) is 0.634. The second kappa shape index (κ2) is 4.09. The largest absolute Gasteiger partial charge is 0.495 e. The monoisotopic (exact) mass is 243 g/mol. The highest BCUT2D eigenvalue weighted by Crippen LogP contribution is 2.30. The number of benzene rings is 1. The number of methoxy groups -OCH3 is 1. The molecule has 6 nitrogen and oxygen atoms in total. The lowest BCUT2D eigenvalue weighted by molar-refractivity contribution is -0.304. The molecule has 1 aliphatic heterocycles. The Morgan fingerprint density at radius 3 is 2.75 bits per heavy atom. The SMILES string of the molecule is COc1ccc(N2C=C(N)N(O)O2)cc1Cl. The number of anilines is 1. The number of nitrogens with two attached hydrogens (primary N) is 1. The van der Waals surface area contributed by atoms with E-state index in [0.717, 1.165) is 0 Å². The van der Waals surface area contributed by atoms with E-state index >= 15 is 0 Å². The van der Waals surface area contributed by atoms with Crippen molar-refractivity contribution >= 4 is 17.3 Å². The third-order valence-electron chi connectivity index (χ3n) is 2.03. The summed E-state index contributed by atoms with van der Waals surface area (Å²) in [5.41, 5.74) is 6.03. The fourth-order valence-electron chi connectivity index (χ4n) is 1.24. The zero-order valence-corrected chi connectivity index (χ0v) is 9.18. The van der Waals surface area contributed by atoms with E-state index in [-0.39, 0.29) is 5.82 Å². The predicted octanol–water partition coefficient (Wildman–Crippen LogP) is 1.46. The smallest absolute Gasteiger partial charge is 0.176 e. The van der Waals surface area contributed by atoms with Gasteiger partial charge in [0, 0.05) is 0 Å². The molecule has 0 radical (unpaired) electrons. The van der Waals surface area contributed by atoms with E-state index in [2.05, 4.69) is 0 Å². The first kappa shape index (κ1) is 10.9. The molecule has 1 aromatic carbocycles. The average molecular weight is 244 g/mol. The number of hydrogen-bond donors (Lipinski definition) is 2. The Bertz CT molecular complexity index is 438. The van der Waals surface area contributed by atoms with E-state index in [1.165, 1.54) is 18.4 Å². The van der Waals surface area contributed by atoms with Crippen LogP contribution in [0.25, 0.3) is 0 Å². The highest BCUT2D eigenvalue weighted by atomic mass is 35.5. The van der Waals surface area contributed by atoms with Crippen LogP contribution in [-0.4, -0.2) is 17.5 Å². The molecule has 0 bridgehead atoms. The van der Waals surface area contributed by atoms with Crippen molar-refractivity contribution in [2.24, 2.45) is 5.73 Å². The van der Waals surface area contributed by atoms with E-state index < -0.39 is 0 Å². The average Bonchev–Trinajstić information content (AvgIpc) is 2.59. The van der Waals surface area contributed by atoms with Crippen LogP contribution in [0.3, 0.4) is 0 Å². The van der Waals surface area contributed by atoms with E-state index in [1.54, 1.807) is 18.2 Å². The van der Waals surface area contributed by atoms with Crippen molar-refractivity contribution in [2.45, 2.75) is 0 Å². The Morgan fingerprint density at radius 2 is 2.25 bits per heavy atom. The number of halogens is 1. The minimum Gasteiger partial charge on any atom is -0.495 e. The molecule has 1 heterocycles. The normalized spacial score (nSPS) is 15.3. The summed E-state index contributed by atoms with van der Waals surface area (Å²) < 4.78 is 5.01. The second-order valence-corrected chi connectivity index (χ2v) is 3.46. The van der Waals surface area contributed by atoms with Crippen LogP contribution in [0.5, 0.6) is 5.75 Å². The van der Waals surface area contributed by atoms with E-state index in [4.69, 9.17) is 32.2 Å². The first-order valence-corrected chi connectivity index (χ1v) is 4.77. The lowest BCUT2D eigenvalue weighted by atomic mass is 10.3. The first-order chi connectivity index (χ1) is 7.61. The van der Waals surface area contributed by atoms with Crippen LogP contribution in [0.2, 0.25) is 5.02 Å². The van der Waals surface area contributed by atoms with Gasteiger partial charge in [0.25, 0.3) is 0 Å². The molecule has 2 rings (SSSR count). The van der Waals surface area contributed by atoms with Crippen molar-refractivity contribution in [2.75, 3.05) is 12.2 Å². The zero-order chi connectivity index (χ0) is 11.7.